The summed E-state index contributed by atoms with van der Waals surface area (Å²) < 4.78 is 0. The number of nitrogens with zero attached hydrogens (tertiary/aromatic N) is 1. The SMILES string of the molecule is CCCNC(=O)CCC(=O)N1CCCCC1C(=O)O. The number of carbonyl (C=O) groups excluding carboxylic acids is 2. The summed E-state index contributed by atoms with van der Waals surface area (Å²) in [6.45, 7) is 3.04. The number of aliphatic carboxylic acids is 1. The molecule has 1 unspecified atom stereocenters. The summed E-state index contributed by atoms with van der Waals surface area (Å²) in [7, 11) is 0. The molecule has 0 saturated carbocycles. The van der Waals surface area contributed by atoms with Gasteiger partial charge >= 0.3 is 5.97 Å². The van der Waals surface area contributed by atoms with Crippen LogP contribution in [-0.2, 0) is 14.4 Å². The number of carboxylic acid groups (broad SMARTS) is 1. The highest BCUT2D eigenvalue weighted by Gasteiger charge is 2.31. The Labute approximate surface area is 113 Å². The van der Waals surface area contributed by atoms with E-state index in [9.17, 15) is 14.4 Å². The van der Waals surface area contributed by atoms with Crippen LogP contribution in [-0.4, -0.2) is 46.9 Å². The molecule has 0 aliphatic carbocycles. The molecule has 6 heteroatoms. The van der Waals surface area contributed by atoms with E-state index < -0.39 is 12.0 Å². The fourth-order valence-electron chi connectivity index (χ4n) is 2.20. The predicted octanol–water partition coefficient (Wildman–Crippen LogP) is 0.758. The molecule has 108 valence electrons. The van der Waals surface area contributed by atoms with E-state index in [0.717, 1.165) is 19.3 Å². The summed E-state index contributed by atoms with van der Waals surface area (Å²) in [6, 6.07) is -0.722. The second kappa shape index (κ2) is 7.76. The first-order valence-corrected chi connectivity index (χ1v) is 6.85. The van der Waals surface area contributed by atoms with Crippen molar-refractivity contribution in [2.75, 3.05) is 13.1 Å². The van der Waals surface area contributed by atoms with Crippen LogP contribution in [0.3, 0.4) is 0 Å². The molecule has 1 rings (SSSR count). The third-order valence-electron chi connectivity index (χ3n) is 3.25. The minimum atomic E-state index is -0.955. The normalized spacial score (nSPS) is 19.0. The summed E-state index contributed by atoms with van der Waals surface area (Å²) >= 11 is 0. The number of nitrogens with one attached hydrogen (secondary N) is 1. The molecule has 0 spiro atoms. The average molecular weight is 270 g/mol. The molecule has 6 nitrogen and oxygen atoms in total. The lowest BCUT2D eigenvalue weighted by Gasteiger charge is -2.33. The number of carboxylic acids is 1. The number of piperidine rings is 1. The summed E-state index contributed by atoms with van der Waals surface area (Å²) in [6.07, 6.45) is 3.23. The van der Waals surface area contributed by atoms with Crippen LogP contribution in [0.15, 0.2) is 0 Å². The van der Waals surface area contributed by atoms with Gasteiger partial charge in [-0.15, -0.1) is 0 Å². The lowest BCUT2D eigenvalue weighted by Crippen LogP contribution is -2.48. The van der Waals surface area contributed by atoms with Crippen molar-refractivity contribution in [1.82, 2.24) is 10.2 Å². The van der Waals surface area contributed by atoms with Gasteiger partial charge in [0.25, 0.3) is 0 Å². The summed E-state index contributed by atoms with van der Waals surface area (Å²) in [5, 5.41) is 11.8. The Morgan fingerprint density at radius 2 is 2.00 bits per heavy atom. The second-order valence-electron chi connectivity index (χ2n) is 4.79. The average Bonchev–Trinajstić information content (AvgIpc) is 2.42. The molecule has 1 heterocycles. The third kappa shape index (κ3) is 4.89. The first-order valence-electron chi connectivity index (χ1n) is 6.85. The molecule has 1 atom stereocenters. The molecular weight excluding hydrogens is 248 g/mol. The third-order valence-corrected chi connectivity index (χ3v) is 3.25. The van der Waals surface area contributed by atoms with Gasteiger partial charge in [-0.3, -0.25) is 9.59 Å². The highest BCUT2D eigenvalue weighted by molar-refractivity contribution is 5.87. The van der Waals surface area contributed by atoms with Crippen molar-refractivity contribution < 1.29 is 19.5 Å². The lowest BCUT2D eigenvalue weighted by atomic mass is 10.0. The maximum Gasteiger partial charge on any atom is 0.326 e. The zero-order valence-corrected chi connectivity index (χ0v) is 11.4. The van der Waals surface area contributed by atoms with Crippen molar-refractivity contribution in [1.29, 1.82) is 0 Å². The number of hydrogen-bond acceptors (Lipinski definition) is 3. The molecule has 0 aromatic rings. The number of hydrogen-bond donors (Lipinski definition) is 2. The van der Waals surface area contributed by atoms with E-state index in [1.54, 1.807) is 0 Å². The van der Waals surface area contributed by atoms with Crippen LogP contribution >= 0.6 is 0 Å². The second-order valence-corrected chi connectivity index (χ2v) is 4.79. The van der Waals surface area contributed by atoms with E-state index in [2.05, 4.69) is 5.32 Å². The van der Waals surface area contributed by atoms with Gasteiger partial charge in [-0.1, -0.05) is 6.92 Å². The van der Waals surface area contributed by atoms with Crippen LogP contribution in [0.25, 0.3) is 0 Å². The fraction of sp³-hybridized carbons (Fsp3) is 0.769. The Kier molecular flexibility index (Phi) is 6.32. The smallest absolute Gasteiger partial charge is 0.326 e. The number of likely N-dealkylation sites (tertiary alicyclic amines) is 1. The molecule has 2 amide bonds. The molecule has 0 aromatic carbocycles. The zero-order valence-electron chi connectivity index (χ0n) is 11.4. The van der Waals surface area contributed by atoms with Gasteiger partial charge in [-0.25, -0.2) is 4.79 Å². The van der Waals surface area contributed by atoms with E-state index in [-0.39, 0.29) is 24.7 Å². The van der Waals surface area contributed by atoms with E-state index in [1.165, 1.54) is 4.90 Å². The van der Waals surface area contributed by atoms with Crippen LogP contribution in [0.5, 0.6) is 0 Å². The van der Waals surface area contributed by atoms with Gasteiger partial charge in [0.1, 0.15) is 6.04 Å². The molecule has 1 saturated heterocycles. The van der Waals surface area contributed by atoms with Crippen LogP contribution in [0.2, 0.25) is 0 Å². The lowest BCUT2D eigenvalue weighted by molar-refractivity contribution is -0.152. The van der Waals surface area contributed by atoms with Gasteiger partial charge in [0.05, 0.1) is 0 Å². The van der Waals surface area contributed by atoms with Gasteiger partial charge in [0.15, 0.2) is 0 Å². The van der Waals surface area contributed by atoms with Crippen molar-refractivity contribution in [2.45, 2.75) is 51.5 Å². The molecule has 0 aromatic heterocycles. The van der Waals surface area contributed by atoms with Crippen molar-refractivity contribution in [3.63, 3.8) is 0 Å². The number of rotatable bonds is 6. The molecule has 1 aliphatic heterocycles. The Hall–Kier alpha value is -1.59. The molecule has 1 fully saturated rings. The summed E-state index contributed by atoms with van der Waals surface area (Å²) in [4.78, 5) is 35.9. The largest absolute Gasteiger partial charge is 0.480 e. The van der Waals surface area contributed by atoms with Gasteiger partial charge in [0, 0.05) is 25.9 Å². The summed E-state index contributed by atoms with van der Waals surface area (Å²) in [5.41, 5.74) is 0. The van der Waals surface area contributed by atoms with Crippen LogP contribution in [0.1, 0.15) is 45.4 Å². The van der Waals surface area contributed by atoms with Crippen molar-refractivity contribution in [3.05, 3.63) is 0 Å². The first-order chi connectivity index (χ1) is 9.06. The zero-order chi connectivity index (χ0) is 14.3. The van der Waals surface area contributed by atoms with Crippen LogP contribution in [0, 0.1) is 0 Å². The van der Waals surface area contributed by atoms with Crippen LogP contribution < -0.4 is 5.32 Å². The van der Waals surface area contributed by atoms with Crippen molar-refractivity contribution >= 4 is 17.8 Å². The topological polar surface area (TPSA) is 86.7 Å². The highest BCUT2D eigenvalue weighted by Crippen LogP contribution is 2.18. The Bertz CT molecular complexity index is 344. The Morgan fingerprint density at radius 3 is 2.63 bits per heavy atom. The quantitative estimate of drug-likeness (QED) is 0.746. The first kappa shape index (κ1) is 15.5. The van der Waals surface area contributed by atoms with E-state index in [1.807, 2.05) is 6.92 Å². The standard InChI is InChI=1S/C13H22N2O4/c1-2-8-14-11(16)6-7-12(17)15-9-4-3-5-10(15)13(18)19/h10H,2-9H2,1H3,(H,14,16)(H,18,19). The monoisotopic (exact) mass is 270 g/mol. The predicted molar refractivity (Wildman–Crippen MR) is 69.5 cm³/mol. The van der Waals surface area contributed by atoms with Gasteiger partial charge in [-0.05, 0) is 25.7 Å². The van der Waals surface area contributed by atoms with E-state index in [4.69, 9.17) is 5.11 Å². The van der Waals surface area contributed by atoms with Gasteiger partial charge in [0.2, 0.25) is 11.8 Å². The Morgan fingerprint density at radius 1 is 1.26 bits per heavy atom. The molecule has 19 heavy (non-hydrogen) atoms. The van der Waals surface area contributed by atoms with Crippen molar-refractivity contribution in [2.24, 2.45) is 0 Å². The van der Waals surface area contributed by atoms with Gasteiger partial charge < -0.3 is 15.3 Å². The maximum atomic E-state index is 12.0. The molecule has 0 radical (unpaired) electrons. The molecule has 2 N–H and O–H groups in total. The van der Waals surface area contributed by atoms with Crippen molar-refractivity contribution in [3.8, 4) is 0 Å². The fourth-order valence-corrected chi connectivity index (χ4v) is 2.20. The summed E-state index contributed by atoms with van der Waals surface area (Å²) in [5.74, 6) is -1.35. The number of amides is 2. The Balaban J connectivity index is 2.42. The van der Waals surface area contributed by atoms with E-state index in [0.29, 0.717) is 19.5 Å². The van der Waals surface area contributed by atoms with Gasteiger partial charge in [-0.2, -0.15) is 0 Å². The van der Waals surface area contributed by atoms with E-state index >= 15 is 0 Å². The minimum Gasteiger partial charge on any atom is -0.480 e. The molecular formula is C13H22N2O4. The highest BCUT2D eigenvalue weighted by atomic mass is 16.4. The maximum absolute atomic E-state index is 12.0. The van der Waals surface area contributed by atoms with Crippen LogP contribution in [0.4, 0.5) is 0 Å². The molecule has 1 aliphatic rings. The number of carbonyl (C=O) groups is 3. The minimum absolute atomic E-state index is 0.0827. The molecule has 0 bridgehead atoms.